The molecule has 0 bridgehead atoms. The van der Waals surface area contributed by atoms with E-state index in [0.717, 1.165) is 56.0 Å². The predicted octanol–water partition coefficient (Wildman–Crippen LogP) is 6.96. The maximum atomic E-state index is 13.4. The molecule has 2 N–H and O–H groups in total. The Kier molecular flexibility index (Phi) is 8.66. The van der Waals surface area contributed by atoms with Crippen LogP contribution >= 0.6 is 0 Å². The van der Waals surface area contributed by atoms with Gasteiger partial charge in [-0.2, -0.15) is 0 Å². The second kappa shape index (κ2) is 11.9. The lowest BCUT2D eigenvalue weighted by atomic mass is 9.52. The van der Waals surface area contributed by atoms with E-state index in [1.54, 1.807) is 18.2 Å². The summed E-state index contributed by atoms with van der Waals surface area (Å²) in [5.74, 6) is 1.89. The summed E-state index contributed by atoms with van der Waals surface area (Å²) in [5, 5.41) is 12.1. The first-order valence-electron chi connectivity index (χ1n) is 17.6. The molecule has 0 spiro atoms. The molecule has 10 atom stereocenters. The maximum Gasteiger partial charge on any atom is 0.264 e. The highest BCUT2D eigenvalue weighted by atomic mass is 32.2. The van der Waals surface area contributed by atoms with Crippen molar-refractivity contribution in [2.45, 2.75) is 103 Å². The van der Waals surface area contributed by atoms with Crippen LogP contribution in [0.5, 0.6) is 0 Å². The van der Waals surface area contributed by atoms with Crippen molar-refractivity contribution >= 4 is 38.7 Å². The number of anilines is 1. The second-order valence-electron chi connectivity index (χ2n) is 16.3. The summed E-state index contributed by atoms with van der Waals surface area (Å²) in [7, 11) is -0.179. The van der Waals surface area contributed by atoms with Crippen molar-refractivity contribution in [1.82, 2.24) is 4.72 Å². The van der Waals surface area contributed by atoms with Crippen molar-refractivity contribution in [1.29, 1.82) is 0 Å². The lowest BCUT2D eigenvalue weighted by molar-refractivity contribution is -0.122. The molecule has 0 aromatic heterocycles. The number of carbonyl (C=O) groups excluding carboxylic acids is 2. The summed E-state index contributed by atoms with van der Waals surface area (Å²) < 4.78 is 29.1. The number of aliphatic hydroxyl groups is 1. The maximum absolute atomic E-state index is 13.4. The van der Waals surface area contributed by atoms with E-state index in [2.05, 4.69) is 32.4 Å². The first-order valence-corrected chi connectivity index (χ1v) is 19.0. The highest BCUT2D eigenvalue weighted by molar-refractivity contribution is 7.90. The monoisotopic (exact) mass is 650 g/mol. The molecule has 6 rings (SSSR count). The number of carbonyl (C=O) groups is 2. The van der Waals surface area contributed by atoms with Crippen molar-refractivity contribution in [3.05, 3.63) is 36.4 Å². The highest BCUT2D eigenvalue weighted by Gasteiger charge is 2.70. The number of nitrogens with zero attached hydrogens (tertiary/aromatic N) is 1. The summed E-state index contributed by atoms with van der Waals surface area (Å²) in [6.45, 7) is 9.49. The predicted molar refractivity (Wildman–Crippen MR) is 183 cm³/mol. The molecule has 0 saturated heterocycles. The molecule has 46 heavy (non-hydrogen) atoms. The summed E-state index contributed by atoms with van der Waals surface area (Å²) in [6, 6.07) is 10.8. The van der Waals surface area contributed by atoms with Crippen LogP contribution in [0.4, 0.5) is 5.69 Å². The van der Waals surface area contributed by atoms with Crippen LogP contribution in [-0.4, -0.2) is 45.9 Å². The number of aldehydes is 1. The van der Waals surface area contributed by atoms with Gasteiger partial charge < -0.3 is 14.8 Å². The van der Waals surface area contributed by atoms with Gasteiger partial charge in [-0.05, 0) is 116 Å². The zero-order valence-electron chi connectivity index (χ0n) is 28.6. The Morgan fingerprint density at radius 1 is 1.00 bits per heavy atom. The number of benzene rings is 2. The van der Waals surface area contributed by atoms with Crippen LogP contribution in [0, 0.1) is 51.8 Å². The summed E-state index contributed by atoms with van der Waals surface area (Å²) >= 11 is 0. The number of nitrogens with one attached hydrogen (secondary N) is 1. The number of hydrogen-bond donors (Lipinski definition) is 2. The third-order valence-corrected chi connectivity index (χ3v) is 15.5. The van der Waals surface area contributed by atoms with Gasteiger partial charge in [0.15, 0.2) is 0 Å². The van der Waals surface area contributed by atoms with Crippen LogP contribution in [0.15, 0.2) is 41.3 Å². The quantitative estimate of drug-likeness (QED) is 0.285. The van der Waals surface area contributed by atoms with E-state index in [-0.39, 0.29) is 39.6 Å². The first-order chi connectivity index (χ1) is 21.7. The van der Waals surface area contributed by atoms with E-state index in [9.17, 15) is 23.1 Å². The van der Waals surface area contributed by atoms with Crippen LogP contribution in [0.2, 0.25) is 0 Å². The number of aliphatic hydroxyl groups excluding tert-OH is 1. The molecule has 1 amide bonds. The smallest absolute Gasteiger partial charge is 0.264 e. The molecule has 4 aliphatic rings. The molecule has 2 aromatic rings. The standard InChI is InChI=1S/C38H54N2O5S/c1-24(10-7-15-34(43)39-46(44,45)33-14-9-11-26-27(33)12-8-13-32(26)40(5)6)28-16-17-29-35-30(19-20-36(28,29)2)37(3)21-18-25(42)22-38(37,4)31(35)23-41/h8-9,11-14,23-25,28-31,35,42H,7,10,15-22H2,1-6H3,(H,39,43)/t24-,25+,28-,29?,30?,31-,35?,36-,37?,38?/m1/s1. The number of hydrogen-bond acceptors (Lipinski definition) is 6. The molecular formula is C38H54N2O5S. The minimum absolute atomic E-state index is 0.00187. The van der Waals surface area contributed by atoms with Crippen LogP contribution in [0.25, 0.3) is 10.8 Å². The van der Waals surface area contributed by atoms with Crippen LogP contribution in [0.1, 0.15) is 91.9 Å². The molecule has 0 heterocycles. The Balaban J connectivity index is 1.10. The van der Waals surface area contributed by atoms with Crippen molar-refractivity contribution < 1.29 is 23.1 Å². The van der Waals surface area contributed by atoms with Gasteiger partial charge in [-0.1, -0.05) is 52.0 Å². The fourth-order valence-electron chi connectivity index (χ4n) is 11.7. The molecule has 0 aliphatic heterocycles. The van der Waals surface area contributed by atoms with E-state index in [0.29, 0.717) is 41.4 Å². The molecule has 252 valence electrons. The number of amides is 1. The molecule has 4 aliphatic carbocycles. The average molecular weight is 651 g/mol. The van der Waals surface area contributed by atoms with Crippen molar-refractivity contribution in [2.24, 2.45) is 51.8 Å². The van der Waals surface area contributed by atoms with Crippen LogP contribution < -0.4 is 9.62 Å². The van der Waals surface area contributed by atoms with E-state index in [4.69, 9.17) is 0 Å². The normalized spacial score (nSPS) is 37.6. The molecule has 4 saturated carbocycles. The van der Waals surface area contributed by atoms with Gasteiger partial charge in [-0.25, -0.2) is 13.1 Å². The molecule has 8 heteroatoms. The zero-order chi connectivity index (χ0) is 33.2. The number of rotatable bonds is 9. The molecular weight excluding hydrogens is 596 g/mol. The Morgan fingerprint density at radius 2 is 1.72 bits per heavy atom. The number of sulfonamides is 1. The lowest BCUT2D eigenvalue weighted by Gasteiger charge is -2.53. The van der Waals surface area contributed by atoms with Crippen LogP contribution in [0.3, 0.4) is 0 Å². The second-order valence-corrected chi connectivity index (χ2v) is 18.0. The van der Waals surface area contributed by atoms with E-state index < -0.39 is 15.9 Å². The van der Waals surface area contributed by atoms with Crippen molar-refractivity contribution in [2.75, 3.05) is 19.0 Å². The van der Waals surface area contributed by atoms with Gasteiger partial charge in [0.25, 0.3) is 10.0 Å². The molecule has 4 fully saturated rings. The molecule has 0 radical (unpaired) electrons. The largest absolute Gasteiger partial charge is 0.393 e. The van der Waals surface area contributed by atoms with Gasteiger partial charge in [0.2, 0.25) is 5.91 Å². The first kappa shape index (κ1) is 33.5. The van der Waals surface area contributed by atoms with Gasteiger partial charge in [0.05, 0.1) is 11.0 Å². The summed E-state index contributed by atoms with van der Waals surface area (Å²) in [4.78, 5) is 27.9. The van der Waals surface area contributed by atoms with Crippen molar-refractivity contribution in [3.8, 4) is 0 Å². The third-order valence-electron chi connectivity index (χ3n) is 14.1. The topological polar surface area (TPSA) is 104 Å². The van der Waals surface area contributed by atoms with Gasteiger partial charge in [-0.3, -0.25) is 4.79 Å². The van der Waals surface area contributed by atoms with Gasteiger partial charge in [0.1, 0.15) is 6.29 Å². The van der Waals surface area contributed by atoms with E-state index in [1.165, 1.54) is 12.7 Å². The summed E-state index contributed by atoms with van der Waals surface area (Å²) in [5.41, 5.74) is 1.03. The Hall–Kier alpha value is -2.45. The minimum atomic E-state index is -4.02. The fraction of sp³-hybridized carbons (Fsp3) is 0.684. The van der Waals surface area contributed by atoms with Gasteiger partial charge in [-0.15, -0.1) is 0 Å². The number of fused-ring (bicyclic) bond motifs is 6. The molecule has 2 aromatic carbocycles. The van der Waals surface area contributed by atoms with Gasteiger partial charge >= 0.3 is 0 Å². The third kappa shape index (κ3) is 5.12. The van der Waals surface area contributed by atoms with E-state index in [1.807, 2.05) is 37.2 Å². The highest BCUT2D eigenvalue weighted by Crippen LogP contribution is 2.75. The SMILES string of the molecule is C[C@H](CCCC(=O)NS(=O)(=O)c1cccc2c(N(C)C)cccc12)[C@H]1CCC2C3C(CC[C@@]21C)C1(C)CC[C@H](O)CC1(C)[C@@H]3C=O. The Morgan fingerprint density at radius 3 is 2.43 bits per heavy atom. The van der Waals surface area contributed by atoms with Crippen LogP contribution in [-0.2, 0) is 19.6 Å². The average Bonchev–Trinajstić information content (AvgIpc) is 3.44. The van der Waals surface area contributed by atoms with E-state index >= 15 is 0 Å². The van der Waals surface area contributed by atoms with Crippen molar-refractivity contribution in [3.63, 3.8) is 0 Å². The fourth-order valence-corrected chi connectivity index (χ4v) is 12.9. The molecule has 5 unspecified atom stereocenters. The van der Waals surface area contributed by atoms with Gasteiger partial charge in [0, 0.05) is 42.9 Å². The Labute approximate surface area is 275 Å². The summed E-state index contributed by atoms with van der Waals surface area (Å²) in [6.07, 6.45) is 9.82. The zero-order valence-corrected chi connectivity index (χ0v) is 29.4. The minimum Gasteiger partial charge on any atom is -0.393 e. The molecule has 7 nitrogen and oxygen atoms in total. The Bertz CT molecular complexity index is 1610. The lowest BCUT2D eigenvalue weighted by Crippen LogP contribution is -2.47.